The summed E-state index contributed by atoms with van der Waals surface area (Å²) < 4.78 is 6.85. The average Bonchev–Trinajstić information content (AvgIpc) is 3.10. The number of furan rings is 1. The van der Waals surface area contributed by atoms with Gasteiger partial charge in [-0.25, -0.2) is 4.98 Å². The van der Waals surface area contributed by atoms with Crippen LogP contribution in [0.5, 0.6) is 0 Å². The fourth-order valence-electron chi connectivity index (χ4n) is 2.44. The van der Waals surface area contributed by atoms with E-state index in [-0.39, 0.29) is 0 Å². The highest BCUT2D eigenvalue weighted by Gasteiger charge is 2.16. The first-order valence-corrected chi connectivity index (χ1v) is 7.62. The van der Waals surface area contributed by atoms with Crippen LogP contribution in [0.1, 0.15) is 16.9 Å². The highest BCUT2D eigenvalue weighted by Crippen LogP contribution is 2.29. The van der Waals surface area contributed by atoms with Crippen LogP contribution in [0.3, 0.4) is 0 Å². The van der Waals surface area contributed by atoms with E-state index < -0.39 is 6.10 Å². The molecule has 1 N–H and O–H groups in total. The molecule has 0 spiro atoms. The summed E-state index contributed by atoms with van der Waals surface area (Å²) in [6.45, 7) is 0. The molecule has 3 nitrogen and oxygen atoms in total. The van der Waals surface area contributed by atoms with Gasteiger partial charge in [-0.3, -0.25) is 0 Å². The Kier molecular flexibility index (Phi) is 2.98. The minimum atomic E-state index is -0.669. The Bertz CT molecular complexity index is 843. The molecule has 0 saturated carbocycles. The first-order chi connectivity index (χ1) is 10.3. The maximum absolute atomic E-state index is 10.4. The Balaban J connectivity index is 1.63. The van der Waals surface area contributed by atoms with Crippen molar-refractivity contribution in [2.45, 2.75) is 12.5 Å². The van der Waals surface area contributed by atoms with Gasteiger partial charge in [0.1, 0.15) is 17.4 Å². The molecule has 0 aliphatic carbocycles. The molecule has 0 bridgehead atoms. The standard InChI is InChI=1S/C17H13NO2S/c19-13(15-9-11-5-1-3-7-14(11)20-15)10-17-18-12-6-2-4-8-16(12)21-17/h1-9,13,19H,10H2. The second-order valence-electron chi connectivity index (χ2n) is 4.98. The van der Waals surface area contributed by atoms with E-state index in [1.54, 1.807) is 11.3 Å². The maximum Gasteiger partial charge on any atom is 0.134 e. The molecule has 0 amide bonds. The van der Waals surface area contributed by atoms with Crippen LogP contribution in [0, 0.1) is 0 Å². The number of hydrogen-bond donors (Lipinski definition) is 1. The number of para-hydroxylation sites is 2. The van der Waals surface area contributed by atoms with E-state index in [4.69, 9.17) is 4.42 Å². The number of nitrogens with zero attached hydrogens (tertiary/aromatic N) is 1. The monoisotopic (exact) mass is 295 g/mol. The molecule has 0 aliphatic heterocycles. The van der Waals surface area contributed by atoms with Gasteiger partial charge in [0, 0.05) is 11.8 Å². The largest absolute Gasteiger partial charge is 0.458 e. The second kappa shape index (κ2) is 4.98. The van der Waals surface area contributed by atoms with Gasteiger partial charge in [-0.1, -0.05) is 30.3 Å². The van der Waals surface area contributed by atoms with Gasteiger partial charge < -0.3 is 9.52 Å². The quantitative estimate of drug-likeness (QED) is 0.612. The maximum atomic E-state index is 10.4. The number of fused-ring (bicyclic) bond motifs is 2. The third-order valence-corrected chi connectivity index (χ3v) is 4.54. The summed E-state index contributed by atoms with van der Waals surface area (Å²) in [7, 11) is 0. The van der Waals surface area contributed by atoms with Crippen molar-refractivity contribution >= 4 is 32.5 Å². The molecule has 2 aromatic carbocycles. The third-order valence-electron chi connectivity index (χ3n) is 3.48. The van der Waals surface area contributed by atoms with Crippen molar-refractivity contribution in [2.24, 2.45) is 0 Å². The Morgan fingerprint density at radius 2 is 1.90 bits per heavy atom. The molecule has 2 heterocycles. The summed E-state index contributed by atoms with van der Waals surface area (Å²) in [5, 5.41) is 12.3. The highest BCUT2D eigenvalue weighted by atomic mass is 32.1. The number of thiazole rings is 1. The molecule has 4 rings (SSSR count). The molecular weight excluding hydrogens is 282 g/mol. The Morgan fingerprint density at radius 3 is 2.76 bits per heavy atom. The smallest absolute Gasteiger partial charge is 0.134 e. The van der Waals surface area contributed by atoms with Gasteiger partial charge in [-0.05, 0) is 24.3 Å². The SMILES string of the molecule is OC(Cc1nc2ccccc2s1)c1cc2ccccc2o1. The molecular formula is C17H13NO2S. The summed E-state index contributed by atoms with van der Waals surface area (Å²) in [6, 6.07) is 17.7. The van der Waals surface area contributed by atoms with Gasteiger partial charge in [0.2, 0.25) is 0 Å². The van der Waals surface area contributed by atoms with Gasteiger partial charge in [-0.2, -0.15) is 0 Å². The molecule has 1 atom stereocenters. The van der Waals surface area contributed by atoms with E-state index in [2.05, 4.69) is 4.98 Å². The molecule has 0 radical (unpaired) electrons. The molecule has 2 aromatic heterocycles. The number of rotatable bonds is 3. The summed E-state index contributed by atoms with van der Waals surface area (Å²) in [5.41, 5.74) is 1.78. The van der Waals surface area contributed by atoms with Crippen LogP contribution in [-0.2, 0) is 6.42 Å². The lowest BCUT2D eigenvalue weighted by Gasteiger charge is -2.04. The molecule has 21 heavy (non-hydrogen) atoms. The van der Waals surface area contributed by atoms with E-state index >= 15 is 0 Å². The molecule has 4 aromatic rings. The molecule has 0 aliphatic rings. The zero-order valence-corrected chi connectivity index (χ0v) is 12.0. The number of benzene rings is 2. The second-order valence-corrected chi connectivity index (χ2v) is 6.10. The number of hydrogen-bond acceptors (Lipinski definition) is 4. The minimum Gasteiger partial charge on any atom is -0.458 e. The molecule has 4 heteroatoms. The lowest BCUT2D eigenvalue weighted by atomic mass is 10.2. The zero-order chi connectivity index (χ0) is 14.2. The van der Waals surface area contributed by atoms with Crippen molar-refractivity contribution < 1.29 is 9.52 Å². The highest BCUT2D eigenvalue weighted by molar-refractivity contribution is 7.18. The van der Waals surface area contributed by atoms with Crippen LogP contribution >= 0.6 is 11.3 Å². The van der Waals surface area contributed by atoms with E-state index in [0.717, 1.165) is 26.2 Å². The van der Waals surface area contributed by atoms with Gasteiger partial charge in [0.25, 0.3) is 0 Å². The predicted molar refractivity (Wildman–Crippen MR) is 84.5 cm³/mol. The van der Waals surface area contributed by atoms with Gasteiger partial charge >= 0.3 is 0 Å². The Labute approximate surface area is 125 Å². The molecule has 0 fully saturated rings. The van der Waals surface area contributed by atoms with Crippen LogP contribution in [0.4, 0.5) is 0 Å². The lowest BCUT2D eigenvalue weighted by Crippen LogP contribution is -1.99. The predicted octanol–water partition coefficient (Wildman–Crippen LogP) is 4.32. The Morgan fingerprint density at radius 1 is 1.10 bits per heavy atom. The van der Waals surface area contributed by atoms with E-state index in [0.29, 0.717) is 12.2 Å². The van der Waals surface area contributed by atoms with Crippen molar-refractivity contribution in [2.75, 3.05) is 0 Å². The number of aromatic nitrogens is 1. The summed E-state index contributed by atoms with van der Waals surface area (Å²) in [6.07, 6.45) is -0.197. The van der Waals surface area contributed by atoms with Crippen LogP contribution in [0.2, 0.25) is 0 Å². The van der Waals surface area contributed by atoms with Crippen molar-refractivity contribution in [3.05, 3.63) is 65.4 Å². The normalized spacial score (nSPS) is 13.0. The molecule has 104 valence electrons. The first kappa shape index (κ1) is 12.6. The fraction of sp³-hybridized carbons (Fsp3) is 0.118. The van der Waals surface area contributed by atoms with Gasteiger partial charge in [0.05, 0.1) is 15.2 Å². The molecule has 0 saturated heterocycles. The molecule has 1 unspecified atom stereocenters. The topological polar surface area (TPSA) is 46.3 Å². The first-order valence-electron chi connectivity index (χ1n) is 6.80. The minimum absolute atomic E-state index is 0.471. The lowest BCUT2D eigenvalue weighted by molar-refractivity contribution is 0.152. The van der Waals surface area contributed by atoms with Crippen LogP contribution in [0.15, 0.2) is 59.0 Å². The fourth-order valence-corrected chi connectivity index (χ4v) is 3.44. The van der Waals surface area contributed by atoms with Gasteiger partial charge in [-0.15, -0.1) is 11.3 Å². The summed E-state index contributed by atoms with van der Waals surface area (Å²) in [5.74, 6) is 0.593. The van der Waals surface area contributed by atoms with E-state index in [1.807, 2.05) is 54.6 Å². The van der Waals surface area contributed by atoms with E-state index in [9.17, 15) is 5.11 Å². The zero-order valence-electron chi connectivity index (χ0n) is 11.2. The van der Waals surface area contributed by atoms with E-state index in [1.165, 1.54) is 0 Å². The van der Waals surface area contributed by atoms with Crippen molar-refractivity contribution in [3.63, 3.8) is 0 Å². The Hall–Kier alpha value is -2.17. The van der Waals surface area contributed by atoms with Crippen LogP contribution < -0.4 is 0 Å². The third kappa shape index (κ3) is 2.33. The van der Waals surface area contributed by atoms with Gasteiger partial charge in [0.15, 0.2) is 0 Å². The van der Waals surface area contributed by atoms with Crippen molar-refractivity contribution in [1.29, 1.82) is 0 Å². The number of aliphatic hydroxyl groups excluding tert-OH is 1. The van der Waals surface area contributed by atoms with Crippen molar-refractivity contribution in [3.8, 4) is 0 Å². The summed E-state index contributed by atoms with van der Waals surface area (Å²) >= 11 is 1.61. The van der Waals surface area contributed by atoms with Crippen LogP contribution in [-0.4, -0.2) is 10.1 Å². The van der Waals surface area contributed by atoms with Crippen LogP contribution in [0.25, 0.3) is 21.2 Å². The van der Waals surface area contributed by atoms with Crippen molar-refractivity contribution in [1.82, 2.24) is 4.98 Å². The average molecular weight is 295 g/mol. The summed E-state index contributed by atoms with van der Waals surface area (Å²) in [4.78, 5) is 4.55. The number of aliphatic hydroxyl groups is 1.